The van der Waals surface area contributed by atoms with Crippen LogP contribution in [0.25, 0.3) is 0 Å². The van der Waals surface area contributed by atoms with Gasteiger partial charge in [-0.05, 0) is 69.4 Å². The quantitative estimate of drug-likeness (QED) is 0.265. The van der Waals surface area contributed by atoms with Crippen LogP contribution in [0.4, 0.5) is 11.4 Å². The summed E-state index contributed by atoms with van der Waals surface area (Å²) in [6.07, 6.45) is 5.32. The zero-order valence-corrected chi connectivity index (χ0v) is 28.1. The Morgan fingerprint density at radius 2 is 1.62 bits per heavy atom. The van der Waals surface area contributed by atoms with Gasteiger partial charge in [-0.25, -0.2) is 0 Å². The number of likely N-dealkylation sites (tertiary alicyclic amines) is 1. The molecule has 9 nitrogen and oxygen atoms in total. The summed E-state index contributed by atoms with van der Waals surface area (Å²) >= 11 is 0. The highest BCUT2D eigenvalue weighted by Crippen LogP contribution is 2.64. The average molecular weight is 643 g/mol. The Morgan fingerprint density at radius 1 is 0.957 bits per heavy atom. The molecule has 9 heteroatoms. The first-order valence-corrected chi connectivity index (χ1v) is 17.1. The predicted octanol–water partition coefficient (Wildman–Crippen LogP) is 4.80. The van der Waals surface area contributed by atoms with Gasteiger partial charge in [0.25, 0.3) is 5.91 Å². The number of nitrogens with zero attached hydrogens (tertiary/aromatic N) is 4. The third kappa shape index (κ3) is 6.00. The van der Waals surface area contributed by atoms with E-state index in [1.165, 1.54) is 0 Å². The van der Waals surface area contributed by atoms with Crippen LogP contribution in [0.1, 0.15) is 52.0 Å². The Hall–Kier alpha value is -3.95. The van der Waals surface area contributed by atoms with Gasteiger partial charge >= 0.3 is 0 Å². The minimum absolute atomic E-state index is 0.127. The molecule has 0 radical (unpaired) electrons. The van der Waals surface area contributed by atoms with Crippen molar-refractivity contribution in [2.75, 3.05) is 49.1 Å². The number of aliphatic hydroxyl groups is 1. The Labute approximate surface area is 279 Å². The number of amides is 3. The molecular formula is C38H50N4O5. The van der Waals surface area contributed by atoms with Crippen molar-refractivity contribution in [3.63, 3.8) is 0 Å². The Kier molecular flexibility index (Phi) is 10.6. The van der Waals surface area contributed by atoms with Crippen LogP contribution in [0, 0.1) is 11.8 Å². The van der Waals surface area contributed by atoms with Gasteiger partial charge in [-0.2, -0.15) is 0 Å². The van der Waals surface area contributed by atoms with Crippen molar-refractivity contribution in [3.8, 4) is 0 Å². The van der Waals surface area contributed by atoms with Crippen molar-refractivity contribution in [3.05, 3.63) is 85.5 Å². The topological polar surface area (TPSA) is 93.6 Å². The highest BCUT2D eigenvalue weighted by Gasteiger charge is 2.79. The smallest absolute Gasteiger partial charge is 0.253 e. The third-order valence-corrected chi connectivity index (χ3v) is 10.5. The monoisotopic (exact) mass is 642 g/mol. The molecule has 2 bridgehead atoms. The van der Waals surface area contributed by atoms with E-state index in [9.17, 15) is 19.5 Å². The fourth-order valence-electron chi connectivity index (χ4n) is 8.27. The first kappa shape index (κ1) is 34.4. The molecule has 3 amide bonds. The van der Waals surface area contributed by atoms with Crippen molar-refractivity contribution in [1.29, 1.82) is 0 Å². The van der Waals surface area contributed by atoms with Gasteiger partial charge in [0.2, 0.25) is 11.8 Å². The van der Waals surface area contributed by atoms with E-state index in [2.05, 4.69) is 31.9 Å². The van der Waals surface area contributed by atoms with Gasteiger partial charge in [0, 0.05) is 57.3 Å². The van der Waals surface area contributed by atoms with Gasteiger partial charge < -0.3 is 29.4 Å². The van der Waals surface area contributed by atoms with Crippen LogP contribution in [0.2, 0.25) is 0 Å². The molecule has 3 saturated heterocycles. The highest BCUT2D eigenvalue weighted by atomic mass is 16.5. The number of ether oxygens (including phenoxy) is 1. The first-order chi connectivity index (χ1) is 22.7. The van der Waals surface area contributed by atoms with E-state index < -0.39 is 29.1 Å². The van der Waals surface area contributed by atoms with Crippen molar-refractivity contribution < 1.29 is 24.2 Å². The Morgan fingerprint density at radius 3 is 2.21 bits per heavy atom. The van der Waals surface area contributed by atoms with Crippen LogP contribution in [0.3, 0.4) is 0 Å². The lowest BCUT2D eigenvalue weighted by Crippen LogP contribution is -2.56. The largest absolute Gasteiger partial charge is 0.396 e. The van der Waals surface area contributed by atoms with E-state index in [1.807, 2.05) is 61.5 Å². The van der Waals surface area contributed by atoms with Crippen LogP contribution in [0.5, 0.6) is 0 Å². The highest BCUT2D eigenvalue weighted by molar-refractivity contribution is 6.05. The molecule has 1 N–H and O–H groups in total. The van der Waals surface area contributed by atoms with E-state index >= 15 is 0 Å². The van der Waals surface area contributed by atoms with Crippen LogP contribution in [0.15, 0.2) is 79.9 Å². The summed E-state index contributed by atoms with van der Waals surface area (Å²) in [6, 6.07) is 16.7. The van der Waals surface area contributed by atoms with E-state index in [4.69, 9.17) is 4.74 Å². The van der Waals surface area contributed by atoms with Crippen LogP contribution in [-0.4, -0.2) is 89.2 Å². The van der Waals surface area contributed by atoms with E-state index in [1.54, 1.807) is 26.9 Å². The van der Waals surface area contributed by atoms with Crippen molar-refractivity contribution in [2.45, 2.75) is 70.2 Å². The zero-order chi connectivity index (χ0) is 33.8. The summed E-state index contributed by atoms with van der Waals surface area (Å²) in [5, 5.41) is 9.79. The second-order valence-corrected chi connectivity index (χ2v) is 12.9. The molecule has 0 saturated carbocycles. The lowest BCUT2D eigenvalue weighted by molar-refractivity contribution is -0.151. The number of hydrogen-bond donors (Lipinski definition) is 1. The maximum atomic E-state index is 14.9. The minimum Gasteiger partial charge on any atom is -0.396 e. The van der Waals surface area contributed by atoms with E-state index in [-0.39, 0.29) is 37.4 Å². The molecule has 1 spiro atoms. The Bertz CT molecular complexity index is 1440. The fourth-order valence-corrected chi connectivity index (χ4v) is 8.27. The normalized spacial score (nSPS) is 25.8. The zero-order valence-electron chi connectivity index (χ0n) is 28.1. The molecule has 3 heterocycles. The molecule has 3 fully saturated rings. The van der Waals surface area contributed by atoms with Gasteiger partial charge in [-0.1, -0.05) is 49.4 Å². The van der Waals surface area contributed by atoms with Crippen molar-refractivity contribution >= 4 is 29.1 Å². The standard InChI is InChI=1S/C38H50N4O5/c1-6-23-40(27-28-15-12-11-13-16-28)34(44)31-32-35(45)42(25-14-26-43)33(38(32)22-21-37(31,8-3)47-38)36(46)41(24-7-2)30-19-17-29(18-20-30)39(9-4)10-5/h6-7,11-13,15-20,31-33,43H,1-2,8-10,14,21-27H2,3-5H3/t31-,32-,33?,37+,38?/m0/s1. The summed E-state index contributed by atoms with van der Waals surface area (Å²) in [4.78, 5) is 51.4. The second-order valence-electron chi connectivity index (χ2n) is 12.9. The second kappa shape index (κ2) is 14.4. The molecule has 3 aliphatic heterocycles. The van der Waals surface area contributed by atoms with E-state index in [0.29, 0.717) is 44.5 Å². The molecule has 2 unspecified atom stereocenters. The summed E-state index contributed by atoms with van der Waals surface area (Å²) in [6.45, 7) is 16.8. The molecule has 2 aromatic rings. The molecule has 0 aliphatic carbocycles. The summed E-state index contributed by atoms with van der Waals surface area (Å²) < 4.78 is 7.01. The number of carbonyl (C=O) groups is 3. The van der Waals surface area contributed by atoms with Crippen molar-refractivity contribution in [1.82, 2.24) is 9.80 Å². The maximum absolute atomic E-state index is 14.9. The van der Waals surface area contributed by atoms with Crippen LogP contribution < -0.4 is 9.80 Å². The summed E-state index contributed by atoms with van der Waals surface area (Å²) in [5.74, 6) is -2.22. The molecule has 5 atom stereocenters. The lowest BCUT2D eigenvalue weighted by Gasteiger charge is -2.37. The van der Waals surface area contributed by atoms with Gasteiger partial charge in [0.15, 0.2) is 0 Å². The maximum Gasteiger partial charge on any atom is 0.253 e. The number of carbonyl (C=O) groups excluding carboxylic acids is 3. The Balaban J connectivity index is 1.55. The molecule has 5 rings (SSSR count). The van der Waals surface area contributed by atoms with Gasteiger partial charge in [0.05, 0.1) is 17.4 Å². The van der Waals surface area contributed by atoms with Gasteiger partial charge in [0.1, 0.15) is 11.6 Å². The number of benzene rings is 2. The van der Waals surface area contributed by atoms with E-state index in [0.717, 1.165) is 24.3 Å². The predicted molar refractivity (Wildman–Crippen MR) is 185 cm³/mol. The van der Waals surface area contributed by atoms with Crippen LogP contribution in [-0.2, 0) is 25.7 Å². The van der Waals surface area contributed by atoms with Crippen LogP contribution >= 0.6 is 0 Å². The fraction of sp³-hybridized carbons (Fsp3) is 0.500. The molecule has 252 valence electrons. The number of rotatable bonds is 16. The van der Waals surface area contributed by atoms with Gasteiger partial charge in [-0.15, -0.1) is 13.2 Å². The number of fused-ring (bicyclic) bond motifs is 1. The SMILES string of the molecule is C=CCN(Cc1ccccc1)C(=O)[C@@H]1[C@H]2C(=O)N(CCCO)C(C(=O)N(CC=C)c3ccc(N(CC)CC)cc3)C23CC[C@@]1(CC)O3. The summed E-state index contributed by atoms with van der Waals surface area (Å²) in [5.41, 5.74) is 0.726. The third-order valence-electron chi connectivity index (χ3n) is 10.5. The average Bonchev–Trinajstić information content (AvgIpc) is 3.70. The minimum atomic E-state index is -1.16. The molecule has 3 aliphatic rings. The van der Waals surface area contributed by atoms with Crippen molar-refractivity contribution in [2.24, 2.45) is 11.8 Å². The molecular weight excluding hydrogens is 592 g/mol. The lowest BCUT2D eigenvalue weighted by atomic mass is 9.64. The molecule has 0 aromatic heterocycles. The van der Waals surface area contributed by atoms with Gasteiger partial charge in [-0.3, -0.25) is 14.4 Å². The summed E-state index contributed by atoms with van der Waals surface area (Å²) in [7, 11) is 0. The first-order valence-electron chi connectivity index (χ1n) is 17.1. The number of hydrogen-bond acceptors (Lipinski definition) is 6. The number of anilines is 2. The number of aliphatic hydroxyl groups excluding tert-OH is 1. The molecule has 47 heavy (non-hydrogen) atoms. The molecule has 2 aromatic carbocycles.